The van der Waals surface area contributed by atoms with E-state index in [-0.39, 0.29) is 12.6 Å². The van der Waals surface area contributed by atoms with Gasteiger partial charge in [-0.25, -0.2) is 4.79 Å². The second-order valence-corrected chi connectivity index (χ2v) is 4.72. The zero-order valence-electron chi connectivity index (χ0n) is 12.3. The molecule has 21 heavy (non-hydrogen) atoms. The van der Waals surface area contributed by atoms with Crippen LogP contribution in [-0.2, 0) is 4.74 Å². The van der Waals surface area contributed by atoms with Crippen molar-refractivity contribution in [1.29, 1.82) is 0 Å². The molecule has 0 fully saturated rings. The van der Waals surface area contributed by atoms with Crippen LogP contribution in [-0.4, -0.2) is 35.3 Å². The maximum atomic E-state index is 12.1. The van der Waals surface area contributed by atoms with Crippen LogP contribution in [0.15, 0.2) is 30.5 Å². The SMILES string of the molecule is CCOC(=O)c1cnc2ccccc2c1N[C@H](CC)CO. The third kappa shape index (κ3) is 3.31. The highest BCUT2D eigenvalue weighted by Crippen LogP contribution is 2.27. The van der Waals surface area contributed by atoms with Gasteiger partial charge < -0.3 is 15.2 Å². The lowest BCUT2D eigenvalue weighted by Gasteiger charge is -2.19. The summed E-state index contributed by atoms with van der Waals surface area (Å²) in [6.45, 7) is 4.04. The fraction of sp³-hybridized carbons (Fsp3) is 0.375. The van der Waals surface area contributed by atoms with Gasteiger partial charge in [0.1, 0.15) is 5.56 Å². The normalized spacial score (nSPS) is 12.1. The molecule has 0 bridgehead atoms. The van der Waals surface area contributed by atoms with E-state index in [2.05, 4.69) is 10.3 Å². The van der Waals surface area contributed by atoms with E-state index >= 15 is 0 Å². The number of aliphatic hydroxyl groups excluding tert-OH is 1. The van der Waals surface area contributed by atoms with E-state index in [0.717, 1.165) is 17.3 Å². The number of rotatable bonds is 6. The van der Waals surface area contributed by atoms with Gasteiger partial charge >= 0.3 is 5.97 Å². The molecule has 0 aliphatic heterocycles. The van der Waals surface area contributed by atoms with E-state index in [1.165, 1.54) is 6.20 Å². The Bertz CT molecular complexity index is 624. The molecule has 1 aromatic heterocycles. The zero-order chi connectivity index (χ0) is 15.2. The van der Waals surface area contributed by atoms with Crippen molar-refractivity contribution in [3.63, 3.8) is 0 Å². The first-order valence-corrected chi connectivity index (χ1v) is 7.13. The van der Waals surface area contributed by atoms with Crippen LogP contribution in [0, 0.1) is 0 Å². The molecule has 2 rings (SSSR count). The number of hydrogen-bond acceptors (Lipinski definition) is 5. The Hall–Kier alpha value is -2.14. The highest BCUT2D eigenvalue weighted by molar-refractivity contribution is 6.04. The number of esters is 1. The predicted molar refractivity (Wildman–Crippen MR) is 82.5 cm³/mol. The van der Waals surface area contributed by atoms with Gasteiger partial charge in [-0.1, -0.05) is 25.1 Å². The first-order chi connectivity index (χ1) is 10.2. The molecule has 0 radical (unpaired) electrons. The number of anilines is 1. The molecule has 0 saturated carbocycles. The summed E-state index contributed by atoms with van der Waals surface area (Å²) in [5.74, 6) is -0.411. The van der Waals surface area contributed by atoms with Gasteiger partial charge in [0.2, 0.25) is 0 Å². The van der Waals surface area contributed by atoms with Gasteiger partial charge in [-0.3, -0.25) is 4.98 Å². The molecule has 2 aromatic rings. The van der Waals surface area contributed by atoms with Gasteiger partial charge in [0.05, 0.1) is 24.4 Å². The fourth-order valence-electron chi connectivity index (χ4n) is 2.14. The van der Waals surface area contributed by atoms with Crippen molar-refractivity contribution in [3.05, 3.63) is 36.0 Å². The minimum absolute atomic E-state index is 0.00455. The second-order valence-electron chi connectivity index (χ2n) is 4.72. The van der Waals surface area contributed by atoms with Gasteiger partial charge in [0.25, 0.3) is 0 Å². The second kappa shape index (κ2) is 7.04. The number of hydrogen-bond donors (Lipinski definition) is 2. The molecule has 0 saturated heterocycles. The smallest absolute Gasteiger partial charge is 0.341 e. The van der Waals surface area contributed by atoms with Crippen molar-refractivity contribution in [3.8, 4) is 0 Å². The Morgan fingerprint density at radius 3 is 2.81 bits per heavy atom. The predicted octanol–water partition coefficient (Wildman–Crippen LogP) is 2.59. The van der Waals surface area contributed by atoms with E-state index in [1.807, 2.05) is 31.2 Å². The number of carbonyl (C=O) groups excluding carboxylic acids is 1. The van der Waals surface area contributed by atoms with Crippen LogP contribution in [0.25, 0.3) is 10.9 Å². The highest BCUT2D eigenvalue weighted by atomic mass is 16.5. The maximum Gasteiger partial charge on any atom is 0.341 e. The van der Waals surface area contributed by atoms with Gasteiger partial charge in [0, 0.05) is 17.6 Å². The summed E-state index contributed by atoms with van der Waals surface area (Å²) >= 11 is 0. The monoisotopic (exact) mass is 288 g/mol. The van der Waals surface area contributed by atoms with Crippen LogP contribution in [0.2, 0.25) is 0 Å². The number of fused-ring (bicyclic) bond motifs is 1. The van der Waals surface area contributed by atoms with Crippen molar-refractivity contribution in [2.24, 2.45) is 0 Å². The number of nitrogens with one attached hydrogen (secondary N) is 1. The first kappa shape index (κ1) is 15.3. The van der Waals surface area contributed by atoms with Crippen LogP contribution >= 0.6 is 0 Å². The average Bonchev–Trinajstić information content (AvgIpc) is 2.52. The molecular formula is C16H20N2O3. The summed E-state index contributed by atoms with van der Waals surface area (Å²) in [5, 5.41) is 13.5. The third-order valence-electron chi connectivity index (χ3n) is 3.33. The van der Waals surface area contributed by atoms with Crippen LogP contribution in [0.5, 0.6) is 0 Å². The number of nitrogens with zero attached hydrogens (tertiary/aromatic N) is 1. The zero-order valence-corrected chi connectivity index (χ0v) is 12.3. The van der Waals surface area contributed by atoms with Gasteiger partial charge in [-0.05, 0) is 19.4 Å². The minimum atomic E-state index is -0.411. The molecule has 1 atom stereocenters. The summed E-state index contributed by atoms with van der Waals surface area (Å²) in [6, 6.07) is 7.45. The quantitative estimate of drug-likeness (QED) is 0.799. The standard InChI is InChI=1S/C16H20N2O3/c1-3-11(10-19)18-15-12-7-5-6-8-14(12)17-9-13(15)16(20)21-4-2/h5-9,11,19H,3-4,10H2,1-2H3,(H,17,18)/t11-/m1/s1. The lowest BCUT2D eigenvalue weighted by molar-refractivity contribution is 0.0527. The number of carbonyl (C=O) groups is 1. The Kier molecular flexibility index (Phi) is 5.11. The van der Waals surface area contributed by atoms with Crippen LogP contribution in [0.4, 0.5) is 5.69 Å². The molecule has 1 aromatic carbocycles. The van der Waals surface area contributed by atoms with Gasteiger partial charge in [0.15, 0.2) is 0 Å². The third-order valence-corrected chi connectivity index (χ3v) is 3.33. The molecular weight excluding hydrogens is 268 g/mol. The molecule has 0 aliphatic rings. The van der Waals surface area contributed by atoms with E-state index in [9.17, 15) is 9.90 Å². The van der Waals surface area contributed by atoms with Crippen molar-refractivity contribution in [2.75, 3.05) is 18.5 Å². The molecule has 0 spiro atoms. The molecule has 2 N–H and O–H groups in total. The Morgan fingerprint density at radius 1 is 1.38 bits per heavy atom. The summed E-state index contributed by atoms with van der Waals surface area (Å²) in [7, 11) is 0. The molecule has 0 aliphatic carbocycles. The maximum absolute atomic E-state index is 12.1. The lowest BCUT2D eigenvalue weighted by atomic mass is 10.1. The molecule has 112 valence electrons. The summed E-state index contributed by atoms with van der Waals surface area (Å²) in [4.78, 5) is 16.4. The number of benzene rings is 1. The number of pyridine rings is 1. The number of para-hydroxylation sites is 1. The summed E-state index contributed by atoms with van der Waals surface area (Å²) in [6.07, 6.45) is 2.27. The number of aliphatic hydroxyl groups is 1. The van der Waals surface area contributed by atoms with Crippen molar-refractivity contribution >= 4 is 22.6 Å². The molecule has 5 heteroatoms. The van der Waals surface area contributed by atoms with Crippen molar-refractivity contribution in [2.45, 2.75) is 26.3 Å². The summed E-state index contributed by atoms with van der Waals surface area (Å²) < 4.78 is 5.08. The average molecular weight is 288 g/mol. The molecule has 5 nitrogen and oxygen atoms in total. The minimum Gasteiger partial charge on any atom is -0.462 e. The fourth-order valence-corrected chi connectivity index (χ4v) is 2.14. The number of aromatic nitrogens is 1. The van der Waals surface area contributed by atoms with Crippen LogP contribution in [0.1, 0.15) is 30.6 Å². The lowest BCUT2D eigenvalue weighted by Crippen LogP contribution is -2.24. The van der Waals surface area contributed by atoms with Crippen molar-refractivity contribution in [1.82, 2.24) is 4.98 Å². The Balaban J connectivity index is 2.54. The van der Waals surface area contributed by atoms with E-state index in [0.29, 0.717) is 17.9 Å². The summed E-state index contributed by atoms with van der Waals surface area (Å²) in [5.41, 5.74) is 1.85. The van der Waals surface area contributed by atoms with E-state index in [4.69, 9.17) is 4.74 Å². The first-order valence-electron chi connectivity index (χ1n) is 7.13. The molecule has 1 heterocycles. The largest absolute Gasteiger partial charge is 0.462 e. The van der Waals surface area contributed by atoms with Crippen LogP contribution in [0.3, 0.4) is 0 Å². The highest BCUT2D eigenvalue weighted by Gasteiger charge is 2.18. The molecule has 0 unspecified atom stereocenters. The number of ether oxygens (including phenoxy) is 1. The van der Waals surface area contributed by atoms with Crippen LogP contribution < -0.4 is 5.32 Å². The topological polar surface area (TPSA) is 71.5 Å². The van der Waals surface area contributed by atoms with Gasteiger partial charge in [-0.15, -0.1) is 0 Å². The Labute approximate surface area is 124 Å². The van der Waals surface area contributed by atoms with Gasteiger partial charge in [-0.2, -0.15) is 0 Å². The Morgan fingerprint density at radius 2 is 2.14 bits per heavy atom. The molecule has 0 amide bonds. The van der Waals surface area contributed by atoms with E-state index in [1.54, 1.807) is 6.92 Å². The van der Waals surface area contributed by atoms with E-state index < -0.39 is 5.97 Å². The van der Waals surface area contributed by atoms with Crippen molar-refractivity contribution < 1.29 is 14.6 Å².